The predicted molar refractivity (Wildman–Crippen MR) is 80.3 cm³/mol. The first kappa shape index (κ1) is 11.2. The third-order valence-electron chi connectivity index (χ3n) is 3.92. The van der Waals surface area contributed by atoms with Crippen LogP contribution in [0.15, 0.2) is 41.5 Å². The van der Waals surface area contributed by atoms with Crippen molar-refractivity contribution in [2.75, 3.05) is 0 Å². The molecule has 4 rings (SSSR count). The molecule has 0 spiro atoms. The molecular weight excluding hydrogens is 250 g/mol. The van der Waals surface area contributed by atoms with Gasteiger partial charge in [0, 0.05) is 23.2 Å². The Labute approximate surface area is 114 Å². The van der Waals surface area contributed by atoms with E-state index < -0.39 is 0 Å². The van der Waals surface area contributed by atoms with E-state index in [9.17, 15) is 4.79 Å². The highest BCUT2D eigenvalue weighted by Gasteiger charge is 2.11. The molecule has 1 N–H and O–H groups in total. The Bertz CT molecular complexity index is 1040. The molecule has 4 aromatic rings. The first-order valence-corrected chi connectivity index (χ1v) is 6.54. The third-order valence-corrected chi connectivity index (χ3v) is 3.92. The molecule has 0 saturated carbocycles. The molecule has 1 aromatic carbocycles. The topological polar surface area (TPSA) is 50.2 Å². The summed E-state index contributed by atoms with van der Waals surface area (Å²) in [4.78, 5) is 19.4. The number of hydrogen-bond acceptors (Lipinski definition) is 2. The van der Waals surface area contributed by atoms with Crippen molar-refractivity contribution >= 4 is 27.5 Å². The SMILES string of the molecule is Cc1cc2cn3c4cccnc4[nH]c(=O)c3c2cc1C. The molecule has 3 heterocycles. The zero-order valence-corrected chi connectivity index (χ0v) is 11.3. The van der Waals surface area contributed by atoms with Crippen LogP contribution in [0.4, 0.5) is 0 Å². The number of pyridine rings is 1. The average molecular weight is 263 g/mol. The largest absolute Gasteiger partial charge is 0.308 e. The molecular formula is C16H13N3O. The van der Waals surface area contributed by atoms with E-state index in [2.05, 4.69) is 35.9 Å². The Hall–Kier alpha value is -2.62. The lowest BCUT2D eigenvalue weighted by Crippen LogP contribution is -2.10. The second kappa shape index (κ2) is 3.70. The highest BCUT2D eigenvalue weighted by Crippen LogP contribution is 2.25. The molecule has 98 valence electrons. The average Bonchev–Trinajstić information content (AvgIpc) is 2.79. The van der Waals surface area contributed by atoms with Crippen LogP contribution in [0.1, 0.15) is 11.1 Å². The standard InChI is InChI=1S/C16H13N3O/c1-9-6-11-8-19-13-4-3-5-17-15(13)18-16(20)14(19)12(11)7-10(9)2/h3-8H,1-2H3,(H,17,18,20). The lowest BCUT2D eigenvalue weighted by Gasteiger charge is -2.01. The van der Waals surface area contributed by atoms with Gasteiger partial charge in [0.1, 0.15) is 5.52 Å². The minimum atomic E-state index is -0.102. The highest BCUT2D eigenvalue weighted by atomic mass is 16.1. The summed E-state index contributed by atoms with van der Waals surface area (Å²) in [5.74, 6) is 0. The number of benzene rings is 1. The molecule has 0 aliphatic heterocycles. The van der Waals surface area contributed by atoms with Crippen molar-refractivity contribution in [1.29, 1.82) is 0 Å². The number of aryl methyl sites for hydroxylation is 2. The number of fused-ring (bicyclic) bond motifs is 5. The van der Waals surface area contributed by atoms with E-state index >= 15 is 0 Å². The summed E-state index contributed by atoms with van der Waals surface area (Å²) in [5.41, 5.74) is 4.52. The fourth-order valence-electron chi connectivity index (χ4n) is 2.76. The van der Waals surface area contributed by atoms with Gasteiger partial charge in [-0.15, -0.1) is 0 Å². The molecule has 0 atom stereocenters. The number of hydrogen-bond donors (Lipinski definition) is 1. The molecule has 0 saturated heterocycles. The molecule has 0 aliphatic carbocycles. The normalized spacial score (nSPS) is 11.7. The molecule has 3 aromatic heterocycles. The molecule has 0 unspecified atom stereocenters. The first-order chi connectivity index (χ1) is 9.65. The van der Waals surface area contributed by atoms with Gasteiger partial charge in [-0.1, -0.05) is 0 Å². The van der Waals surface area contributed by atoms with Gasteiger partial charge < -0.3 is 9.38 Å². The van der Waals surface area contributed by atoms with Gasteiger partial charge in [0.15, 0.2) is 5.65 Å². The van der Waals surface area contributed by atoms with E-state index in [4.69, 9.17) is 0 Å². The van der Waals surface area contributed by atoms with E-state index in [1.807, 2.05) is 22.7 Å². The lowest BCUT2D eigenvalue weighted by atomic mass is 10.1. The summed E-state index contributed by atoms with van der Waals surface area (Å²) in [5, 5.41) is 2.06. The number of nitrogens with one attached hydrogen (secondary N) is 1. The Balaban J connectivity index is 2.35. The van der Waals surface area contributed by atoms with Gasteiger partial charge in [0.25, 0.3) is 5.56 Å². The first-order valence-electron chi connectivity index (χ1n) is 6.54. The van der Waals surface area contributed by atoms with Gasteiger partial charge in [0.05, 0.1) is 5.52 Å². The minimum Gasteiger partial charge on any atom is -0.308 e. The van der Waals surface area contributed by atoms with Crippen LogP contribution in [0.2, 0.25) is 0 Å². The summed E-state index contributed by atoms with van der Waals surface area (Å²) < 4.78 is 1.94. The van der Waals surface area contributed by atoms with Gasteiger partial charge in [-0.05, 0) is 49.2 Å². The van der Waals surface area contributed by atoms with Crippen molar-refractivity contribution in [2.24, 2.45) is 0 Å². The van der Waals surface area contributed by atoms with Gasteiger partial charge in [-0.2, -0.15) is 0 Å². The number of rotatable bonds is 0. The number of H-pyrrole nitrogens is 1. The summed E-state index contributed by atoms with van der Waals surface area (Å²) in [7, 11) is 0. The molecule has 4 nitrogen and oxygen atoms in total. The van der Waals surface area contributed by atoms with Crippen LogP contribution in [-0.4, -0.2) is 14.4 Å². The summed E-state index contributed by atoms with van der Waals surface area (Å²) >= 11 is 0. The molecule has 4 heteroatoms. The fraction of sp³-hybridized carbons (Fsp3) is 0.125. The van der Waals surface area contributed by atoms with Crippen molar-refractivity contribution < 1.29 is 0 Å². The summed E-state index contributed by atoms with van der Waals surface area (Å²) in [6, 6.07) is 8.04. The van der Waals surface area contributed by atoms with Crippen molar-refractivity contribution in [2.45, 2.75) is 13.8 Å². The molecule has 0 aliphatic rings. The smallest absolute Gasteiger partial charge is 0.274 e. The Morgan fingerprint density at radius 3 is 2.85 bits per heavy atom. The van der Waals surface area contributed by atoms with Crippen molar-refractivity contribution in [3.8, 4) is 0 Å². The molecule has 0 bridgehead atoms. The fourth-order valence-corrected chi connectivity index (χ4v) is 2.76. The van der Waals surface area contributed by atoms with Crippen LogP contribution in [0.3, 0.4) is 0 Å². The monoisotopic (exact) mass is 263 g/mol. The quantitative estimate of drug-likeness (QED) is 0.530. The van der Waals surface area contributed by atoms with Gasteiger partial charge in [0.2, 0.25) is 0 Å². The van der Waals surface area contributed by atoms with Crippen molar-refractivity contribution in [1.82, 2.24) is 14.4 Å². The molecule has 0 radical (unpaired) electrons. The Morgan fingerprint density at radius 1 is 1.20 bits per heavy atom. The maximum Gasteiger partial charge on any atom is 0.274 e. The number of aromatic amines is 1. The number of aromatic nitrogens is 3. The van der Waals surface area contributed by atoms with Crippen LogP contribution in [0.5, 0.6) is 0 Å². The van der Waals surface area contributed by atoms with Gasteiger partial charge in [-0.25, -0.2) is 4.98 Å². The predicted octanol–water partition coefficient (Wildman–Crippen LogP) is 2.95. The number of nitrogens with zero attached hydrogens (tertiary/aromatic N) is 2. The van der Waals surface area contributed by atoms with E-state index in [0.717, 1.165) is 16.3 Å². The van der Waals surface area contributed by atoms with Crippen LogP contribution < -0.4 is 5.56 Å². The maximum absolute atomic E-state index is 12.3. The second-order valence-corrected chi connectivity index (χ2v) is 5.20. The minimum absolute atomic E-state index is 0.102. The second-order valence-electron chi connectivity index (χ2n) is 5.20. The van der Waals surface area contributed by atoms with E-state index in [1.54, 1.807) is 6.20 Å². The van der Waals surface area contributed by atoms with Crippen molar-refractivity contribution in [3.05, 3.63) is 58.1 Å². The molecule has 0 fully saturated rings. The highest BCUT2D eigenvalue weighted by molar-refractivity contribution is 6.00. The summed E-state index contributed by atoms with van der Waals surface area (Å²) in [6.07, 6.45) is 3.69. The van der Waals surface area contributed by atoms with Crippen LogP contribution in [0, 0.1) is 13.8 Å². The van der Waals surface area contributed by atoms with E-state index in [0.29, 0.717) is 11.2 Å². The molecule has 20 heavy (non-hydrogen) atoms. The van der Waals surface area contributed by atoms with Crippen LogP contribution in [-0.2, 0) is 0 Å². The Morgan fingerprint density at radius 2 is 2.00 bits per heavy atom. The van der Waals surface area contributed by atoms with Gasteiger partial charge in [-0.3, -0.25) is 4.79 Å². The van der Waals surface area contributed by atoms with E-state index in [1.165, 1.54) is 11.1 Å². The Kier molecular flexibility index (Phi) is 2.07. The van der Waals surface area contributed by atoms with E-state index in [-0.39, 0.29) is 5.56 Å². The van der Waals surface area contributed by atoms with Crippen LogP contribution >= 0.6 is 0 Å². The van der Waals surface area contributed by atoms with Gasteiger partial charge >= 0.3 is 0 Å². The maximum atomic E-state index is 12.3. The van der Waals surface area contributed by atoms with Crippen molar-refractivity contribution in [3.63, 3.8) is 0 Å². The third kappa shape index (κ3) is 1.36. The lowest BCUT2D eigenvalue weighted by molar-refractivity contribution is 1.15. The molecule has 0 amide bonds. The zero-order valence-electron chi connectivity index (χ0n) is 11.3. The zero-order chi connectivity index (χ0) is 13.9. The van der Waals surface area contributed by atoms with Crippen LogP contribution in [0.25, 0.3) is 27.5 Å². The summed E-state index contributed by atoms with van der Waals surface area (Å²) in [6.45, 7) is 4.15.